The molecule has 2 nitrogen and oxygen atoms in total. The van der Waals surface area contributed by atoms with Crippen LogP contribution in [0.2, 0.25) is 0 Å². The zero-order chi connectivity index (χ0) is 13.8. The largest absolute Gasteiger partial charge is 0.508 e. The van der Waals surface area contributed by atoms with Gasteiger partial charge in [-0.25, -0.2) is 0 Å². The molecule has 1 heterocycles. The maximum atomic E-state index is 9.24. The molecule has 0 saturated carbocycles. The van der Waals surface area contributed by atoms with Crippen LogP contribution in [0.3, 0.4) is 0 Å². The van der Waals surface area contributed by atoms with E-state index in [1.165, 1.54) is 20.9 Å². The van der Waals surface area contributed by atoms with Crippen LogP contribution in [-0.4, -0.2) is 11.7 Å². The summed E-state index contributed by atoms with van der Waals surface area (Å²) in [6, 6.07) is 10.1. The number of hydrogen-bond donors (Lipinski definition) is 2. The molecule has 0 aliphatic carbocycles. The van der Waals surface area contributed by atoms with Crippen molar-refractivity contribution in [2.45, 2.75) is 33.2 Å². The van der Waals surface area contributed by atoms with Crippen LogP contribution in [0.15, 0.2) is 30.3 Å². The average molecular weight is 275 g/mol. The Labute approximate surface area is 119 Å². The fourth-order valence-corrected chi connectivity index (χ4v) is 3.31. The van der Waals surface area contributed by atoms with Crippen LogP contribution in [0.4, 0.5) is 0 Å². The predicted octanol–water partition coefficient (Wildman–Crippen LogP) is 3.96. The van der Waals surface area contributed by atoms with Gasteiger partial charge in [0.25, 0.3) is 0 Å². The number of thiophene rings is 1. The highest BCUT2D eigenvalue weighted by Crippen LogP contribution is 2.26. The lowest BCUT2D eigenvalue weighted by atomic mass is 10.1. The van der Waals surface area contributed by atoms with Gasteiger partial charge < -0.3 is 10.4 Å². The number of aromatic hydroxyl groups is 1. The number of nitrogens with one attached hydrogen (secondary N) is 1. The molecule has 2 aromatic rings. The maximum Gasteiger partial charge on any atom is 0.115 e. The molecule has 2 rings (SSSR count). The van der Waals surface area contributed by atoms with Crippen LogP contribution in [-0.2, 0) is 6.42 Å². The zero-order valence-corrected chi connectivity index (χ0v) is 12.6. The summed E-state index contributed by atoms with van der Waals surface area (Å²) in [5.74, 6) is 0.328. The minimum atomic E-state index is 0.328. The highest BCUT2D eigenvalue weighted by molar-refractivity contribution is 7.12. The fourth-order valence-electron chi connectivity index (χ4n) is 2.29. The van der Waals surface area contributed by atoms with Crippen molar-refractivity contribution in [1.82, 2.24) is 5.32 Å². The Balaban J connectivity index is 1.85. The fraction of sp³-hybridized carbons (Fsp3) is 0.375. The van der Waals surface area contributed by atoms with Crippen molar-refractivity contribution in [3.8, 4) is 5.75 Å². The number of hydrogen-bond acceptors (Lipinski definition) is 3. The van der Waals surface area contributed by atoms with Gasteiger partial charge in [-0.05, 0) is 63.1 Å². The standard InChI is InChI=1S/C16H21NOS/c1-11-10-16(13(3)19-11)12(2)17-9-8-14-4-6-15(18)7-5-14/h4-7,10,12,17-18H,8-9H2,1-3H3. The lowest BCUT2D eigenvalue weighted by Crippen LogP contribution is -2.21. The summed E-state index contributed by atoms with van der Waals surface area (Å²) in [6.07, 6.45) is 0.979. The molecule has 0 aliphatic heterocycles. The number of phenols is 1. The van der Waals surface area contributed by atoms with Crippen molar-refractivity contribution in [2.75, 3.05) is 6.54 Å². The third-order valence-corrected chi connectivity index (χ3v) is 4.33. The molecule has 0 radical (unpaired) electrons. The molecule has 0 spiro atoms. The molecule has 1 unspecified atom stereocenters. The van der Waals surface area contributed by atoms with Gasteiger partial charge in [0, 0.05) is 15.8 Å². The summed E-state index contributed by atoms with van der Waals surface area (Å²) in [7, 11) is 0. The highest BCUT2D eigenvalue weighted by Gasteiger charge is 2.10. The van der Waals surface area contributed by atoms with Gasteiger partial charge in [0.2, 0.25) is 0 Å². The molecule has 1 atom stereocenters. The van der Waals surface area contributed by atoms with E-state index in [-0.39, 0.29) is 0 Å². The Morgan fingerprint density at radius 1 is 1.21 bits per heavy atom. The summed E-state index contributed by atoms with van der Waals surface area (Å²) in [4.78, 5) is 2.78. The van der Waals surface area contributed by atoms with E-state index in [0.29, 0.717) is 11.8 Å². The molecule has 0 aliphatic rings. The Bertz CT molecular complexity index is 530. The molecule has 19 heavy (non-hydrogen) atoms. The topological polar surface area (TPSA) is 32.3 Å². The minimum Gasteiger partial charge on any atom is -0.508 e. The van der Waals surface area contributed by atoms with Crippen LogP contribution in [0.5, 0.6) is 5.75 Å². The molecule has 3 heteroatoms. The quantitative estimate of drug-likeness (QED) is 0.865. The van der Waals surface area contributed by atoms with Gasteiger partial charge in [-0.2, -0.15) is 0 Å². The summed E-state index contributed by atoms with van der Waals surface area (Å²) < 4.78 is 0. The Hall–Kier alpha value is -1.32. The normalized spacial score (nSPS) is 12.6. The smallest absolute Gasteiger partial charge is 0.115 e. The van der Waals surface area contributed by atoms with E-state index in [0.717, 1.165) is 13.0 Å². The zero-order valence-electron chi connectivity index (χ0n) is 11.7. The second kappa shape index (κ2) is 6.22. The Morgan fingerprint density at radius 2 is 1.89 bits per heavy atom. The van der Waals surface area contributed by atoms with E-state index in [1.54, 1.807) is 12.1 Å². The Morgan fingerprint density at radius 3 is 2.47 bits per heavy atom. The van der Waals surface area contributed by atoms with E-state index >= 15 is 0 Å². The maximum absolute atomic E-state index is 9.24. The molecule has 0 saturated heterocycles. The first-order valence-electron chi connectivity index (χ1n) is 6.64. The van der Waals surface area contributed by atoms with Crippen LogP contribution >= 0.6 is 11.3 Å². The van der Waals surface area contributed by atoms with Crippen molar-refractivity contribution < 1.29 is 5.11 Å². The van der Waals surface area contributed by atoms with Gasteiger partial charge in [0.1, 0.15) is 5.75 Å². The lowest BCUT2D eigenvalue weighted by Gasteiger charge is -2.13. The predicted molar refractivity (Wildman–Crippen MR) is 82.0 cm³/mol. The monoisotopic (exact) mass is 275 g/mol. The van der Waals surface area contributed by atoms with E-state index in [1.807, 2.05) is 23.5 Å². The molecule has 0 bridgehead atoms. The van der Waals surface area contributed by atoms with Crippen molar-refractivity contribution in [3.63, 3.8) is 0 Å². The molecule has 1 aromatic carbocycles. The summed E-state index contributed by atoms with van der Waals surface area (Å²) in [6.45, 7) is 7.50. The first-order chi connectivity index (χ1) is 9.06. The molecule has 1 aromatic heterocycles. The van der Waals surface area contributed by atoms with Crippen molar-refractivity contribution in [3.05, 3.63) is 51.2 Å². The SMILES string of the molecule is Cc1cc(C(C)NCCc2ccc(O)cc2)c(C)s1. The molecule has 0 fully saturated rings. The van der Waals surface area contributed by atoms with Gasteiger partial charge >= 0.3 is 0 Å². The summed E-state index contributed by atoms with van der Waals surface area (Å²) >= 11 is 1.86. The third kappa shape index (κ3) is 3.82. The van der Waals surface area contributed by atoms with Gasteiger partial charge in [0.05, 0.1) is 0 Å². The summed E-state index contributed by atoms with van der Waals surface area (Å²) in [5, 5.41) is 12.8. The molecule has 2 N–H and O–H groups in total. The van der Waals surface area contributed by atoms with Gasteiger partial charge in [0.15, 0.2) is 0 Å². The molecule has 102 valence electrons. The lowest BCUT2D eigenvalue weighted by molar-refractivity contribution is 0.475. The summed E-state index contributed by atoms with van der Waals surface area (Å²) in [5.41, 5.74) is 2.66. The number of benzene rings is 1. The second-order valence-electron chi connectivity index (χ2n) is 4.96. The third-order valence-electron chi connectivity index (χ3n) is 3.35. The van der Waals surface area contributed by atoms with Gasteiger partial charge in [-0.15, -0.1) is 11.3 Å². The van der Waals surface area contributed by atoms with Crippen LogP contribution < -0.4 is 5.32 Å². The molecular formula is C16H21NOS. The van der Waals surface area contributed by atoms with Crippen molar-refractivity contribution in [2.24, 2.45) is 0 Å². The number of phenolic OH excluding ortho intramolecular Hbond substituents is 1. The second-order valence-corrected chi connectivity index (χ2v) is 6.42. The molecule has 0 amide bonds. The first kappa shape index (κ1) is 14.1. The Kier molecular flexibility index (Phi) is 4.61. The number of aryl methyl sites for hydroxylation is 2. The van der Waals surface area contributed by atoms with E-state index in [4.69, 9.17) is 0 Å². The van der Waals surface area contributed by atoms with Crippen LogP contribution in [0, 0.1) is 13.8 Å². The van der Waals surface area contributed by atoms with E-state index in [2.05, 4.69) is 32.2 Å². The van der Waals surface area contributed by atoms with Crippen LogP contribution in [0.1, 0.15) is 33.8 Å². The average Bonchev–Trinajstić information content (AvgIpc) is 2.71. The van der Waals surface area contributed by atoms with E-state index in [9.17, 15) is 5.11 Å². The van der Waals surface area contributed by atoms with E-state index < -0.39 is 0 Å². The highest BCUT2D eigenvalue weighted by atomic mass is 32.1. The van der Waals surface area contributed by atoms with Crippen LogP contribution in [0.25, 0.3) is 0 Å². The van der Waals surface area contributed by atoms with Crippen molar-refractivity contribution >= 4 is 11.3 Å². The van der Waals surface area contributed by atoms with Gasteiger partial charge in [-0.1, -0.05) is 12.1 Å². The van der Waals surface area contributed by atoms with Gasteiger partial charge in [-0.3, -0.25) is 0 Å². The number of rotatable bonds is 5. The van der Waals surface area contributed by atoms with Crippen molar-refractivity contribution in [1.29, 1.82) is 0 Å². The molecular weight excluding hydrogens is 254 g/mol. The minimum absolute atomic E-state index is 0.328. The first-order valence-corrected chi connectivity index (χ1v) is 7.46.